The molecule has 0 radical (unpaired) electrons. The highest BCUT2D eigenvalue weighted by molar-refractivity contribution is 7.58. The van der Waals surface area contributed by atoms with E-state index in [9.17, 15) is 32.5 Å². The molecular weight excluding hydrogens is 370 g/mol. The van der Waals surface area contributed by atoms with Crippen molar-refractivity contribution < 1.29 is 47.1 Å². The van der Waals surface area contributed by atoms with Crippen LogP contribution in [0.4, 0.5) is 13.2 Å². The van der Waals surface area contributed by atoms with Gasteiger partial charge in [-0.1, -0.05) is 6.07 Å². The van der Waals surface area contributed by atoms with E-state index in [0.29, 0.717) is 6.07 Å². The summed E-state index contributed by atoms with van der Waals surface area (Å²) in [6, 6.07) is 2.61. The van der Waals surface area contributed by atoms with E-state index in [2.05, 4.69) is 9.47 Å². The lowest BCUT2D eigenvalue weighted by atomic mass is 10.2. The van der Waals surface area contributed by atoms with E-state index in [1.54, 1.807) is 0 Å². The summed E-state index contributed by atoms with van der Waals surface area (Å²) in [6.45, 7) is -0.827. The van der Waals surface area contributed by atoms with Gasteiger partial charge in [-0.15, -0.1) is 13.2 Å². The average Bonchev–Trinajstić information content (AvgIpc) is 2.49. The topological polar surface area (TPSA) is 139 Å². The van der Waals surface area contributed by atoms with Crippen molar-refractivity contribution in [2.24, 2.45) is 5.73 Å². The molecule has 5 N–H and O–H groups in total. The second-order valence-electron chi connectivity index (χ2n) is 4.93. The third-order valence-electron chi connectivity index (χ3n) is 2.91. The number of carbonyl (C=O) groups is 1. The summed E-state index contributed by atoms with van der Waals surface area (Å²) in [6.07, 6.45) is -5.30. The fourth-order valence-electron chi connectivity index (χ4n) is 1.82. The molecule has 25 heavy (non-hydrogen) atoms. The quantitative estimate of drug-likeness (QED) is 0.469. The number of halogens is 3. The Bertz CT molecular complexity index is 653. The molecule has 0 aliphatic heterocycles. The molecule has 0 saturated carbocycles. The van der Waals surface area contributed by atoms with Gasteiger partial charge in [-0.05, 0) is 30.7 Å². The van der Waals surface area contributed by atoms with E-state index >= 15 is 0 Å². The second-order valence-corrected chi connectivity index (χ2v) is 7.38. The first-order valence-corrected chi connectivity index (χ1v) is 8.81. The lowest BCUT2D eigenvalue weighted by Crippen LogP contribution is -2.19. The molecule has 2 unspecified atom stereocenters. The largest absolute Gasteiger partial charge is 0.573 e. The number of hydrogen-bond acceptors (Lipinski definition) is 6. The van der Waals surface area contributed by atoms with Gasteiger partial charge in [0.25, 0.3) is 0 Å². The summed E-state index contributed by atoms with van der Waals surface area (Å²) in [5.74, 6) is -4.87. The average molecular weight is 387 g/mol. The molecule has 8 nitrogen and oxygen atoms in total. The smallest absolute Gasteiger partial charge is 0.479 e. The van der Waals surface area contributed by atoms with Crippen LogP contribution in [-0.2, 0) is 9.36 Å². The van der Waals surface area contributed by atoms with Crippen molar-refractivity contribution in [2.75, 3.05) is 19.3 Å². The van der Waals surface area contributed by atoms with Gasteiger partial charge in [-0.2, -0.15) is 0 Å². The lowest BCUT2D eigenvalue weighted by molar-refractivity contribution is -0.275. The van der Waals surface area contributed by atoms with Crippen LogP contribution in [0.25, 0.3) is 0 Å². The van der Waals surface area contributed by atoms with Crippen LogP contribution in [0.3, 0.4) is 0 Å². The third-order valence-corrected chi connectivity index (χ3v) is 4.93. The SMILES string of the molecule is NCCCP(=O)(O)C(O)c1ccc(OCC(=O)O)c(OC(F)(F)F)c1. The van der Waals surface area contributed by atoms with Gasteiger partial charge >= 0.3 is 12.3 Å². The number of aliphatic hydroxyl groups is 1. The van der Waals surface area contributed by atoms with Gasteiger partial charge in [0.15, 0.2) is 24.0 Å². The molecule has 1 aromatic rings. The van der Waals surface area contributed by atoms with Crippen LogP contribution in [0.5, 0.6) is 11.5 Å². The van der Waals surface area contributed by atoms with Crippen LogP contribution < -0.4 is 15.2 Å². The van der Waals surface area contributed by atoms with Gasteiger partial charge in [0.2, 0.25) is 7.37 Å². The Kier molecular flexibility index (Phi) is 7.24. The van der Waals surface area contributed by atoms with Crippen molar-refractivity contribution in [3.63, 3.8) is 0 Å². The molecule has 0 aromatic heterocycles. The first kappa shape index (κ1) is 21.2. The van der Waals surface area contributed by atoms with Gasteiger partial charge in [-0.3, -0.25) is 4.57 Å². The number of carboxylic acid groups (broad SMARTS) is 1. The van der Waals surface area contributed by atoms with Crippen LogP contribution in [0, 0.1) is 0 Å². The van der Waals surface area contributed by atoms with Crippen molar-refractivity contribution in [1.29, 1.82) is 0 Å². The van der Waals surface area contributed by atoms with E-state index < -0.39 is 43.7 Å². The Morgan fingerprint density at radius 2 is 1.96 bits per heavy atom. The fraction of sp³-hybridized carbons (Fsp3) is 0.462. The standard InChI is InChI=1S/C13H17F3NO7P/c14-13(15,16)24-10-6-8(2-3-9(10)23-7-11(18)19)12(20)25(21,22)5-1-4-17/h2-3,6,12,20H,1,4-5,7,17H2,(H,18,19)(H,21,22). The Balaban J connectivity index is 3.15. The number of ether oxygens (including phenoxy) is 2. The number of rotatable bonds is 9. The van der Waals surface area contributed by atoms with Crippen LogP contribution in [0.15, 0.2) is 18.2 Å². The predicted octanol–water partition coefficient (Wildman–Crippen LogP) is 1.66. The van der Waals surface area contributed by atoms with Gasteiger partial charge in [0, 0.05) is 6.16 Å². The molecule has 0 aliphatic carbocycles. The van der Waals surface area contributed by atoms with Crippen molar-refractivity contribution in [2.45, 2.75) is 18.6 Å². The van der Waals surface area contributed by atoms with Crippen molar-refractivity contribution >= 4 is 13.3 Å². The van der Waals surface area contributed by atoms with Crippen molar-refractivity contribution in [3.05, 3.63) is 23.8 Å². The zero-order chi connectivity index (χ0) is 19.3. The zero-order valence-corrected chi connectivity index (χ0v) is 13.7. The molecule has 0 saturated heterocycles. The number of aliphatic carboxylic acids is 1. The third kappa shape index (κ3) is 6.91. The molecule has 0 heterocycles. The summed E-state index contributed by atoms with van der Waals surface area (Å²) in [5, 5.41) is 18.5. The maximum absolute atomic E-state index is 12.5. The van der Waals surface area contributed by atoms with Crippen LogP contribution in [-0.4, -0.2) is 46.8 Å². The van der Waals surface area contributed by atoms with Crippen LogP contribution >= 0.6 is 7.37 Å². The van der Waals surface area contributed by atoms with E-state index in [0.717, 1.165) is 12.1 Å². The summed E-state index contributed by atoms with van der Waals surface area (Å²) in [5.41, 5.74) is 4.91. The molecule has 0 bridgehead atoms. The van der Waals surface area contributed by atoms with Gasteiger partial charge in [0.1, 0.15) is 0 Å². The number of aliphatic hydroxyl groups excluding tert-OH is 1. The summed E-state index contributed by atoms with van der Waals surface area (Å²) in [7, 11) is -4.14. The predicted molar refractivity (Wildman–Crippen MR) is 79.6 cm³/mol. The molecule has 12 heteroatoms. The van der Waals surface area contributed by atoms with E-state index in [-0.39, 0.29) is 24.7 Å². The van der Waals surface area contributed by atoms with Gasteiger partial charge < -0.3 is 30.3 Å². The fourth-order valence-corrected chi connectivity index (χ4v) is 3.33. The van der Waals surface area contributed by atoms with E-state index in [1.165, 1.54) is 0 Å². The minimum Gasteiger partial charge on any atom is -0.479 e. The highest BCUT2D eigenvalue weighted by Crippen LogP contribution is 2.55. The molecule has 2 atom stereocenters. The maximum Gasteiger partial charge on any atom is 0.573 e. The molecule has 0 amide bonds. The summed E-state index contributed by atoms with van der Waals surface area (Å²) >= 11 is 0. The molecule has 1 rings (SSSR count). The minimum absolute atomic E-state index is 0.0989. The molecule has 1 aromatic carbocycles. The molecule has 0 spiro atoms. The number of hydrogen-bond donors (Lipinski definition) is 4. The highest BCUT2D eigenvalue weighted by atomic mass is 31.2. The normalized spacial score (nSPS) is 15.3. The van der Waals surface area contributed by atoms with E-state index in [4.69, 9.17) is 10.8 Å². The molecular formula is C13H17F3NO7P. The van der Waals surface area contributed by atoms with Gasteiger partial charge in [0.05, 0.1) is 0 Å². The number of alkyl halides is 3. The molecule has 0 aliphatic rings. The van der Waals surface area contributed by atoms with Gasteiger partial charge in [-0.25, -0.2) is 4.79 Å². The van der Waals surface area contributed by atoms with Crippen molar-refractivity contribution in [1.82, 2.24) is 0 Å². The monoisotopic (exact) mass is 387 g/mol. The number of carboxylic acids is 1. The highest BCUT2D eigenvalue weighted by Gasteiger charge is 2.35. The van der Waals surface area contributed by atoms with E-state index in [1.807, 2.05) is 0 Å². The Morgan fingerprint density at radius 3 is 2.48 bits per heavy atom. The number of benzene rings is 1. The molecule has 0 fully saturated rings. The number of nitrogens with two attached hydrogens (primary N) is 1. The first-order chi connectivity index (χ1) is 11.5. The van der Waals surface area contributed by atoms with Crippen LogP contribution in [0.1, 0.15) is 17.8 Å². The second kappa shape index (κ2) is 8.52. The summed E-state index contributed by atoms with van der Waals surface area (Å²) < 4.78 is 57.9. The zero-order valence-electron chi connectivity index (χ0n) is 12.8. The Hall–Kier alpha value is -1.81. The minimum atomic E-state index is -5.12. The summed E-state index contributed by atoms with van der Waals surface area (Å²) in [4.78, 5) is 20.3. The lowest BCUT2D eigenvalue weighted by Gasteiger charge is -2.20. The molecule has 142 valence electrons. The van der Waals surface area contributed by atoms with Crippen molar-refractivity contribution in [3.8, 4) is 11.5 Å². The maximum atomic E-state index is 12.5. The Labute approximate surface area is 140 Å². The Morgan fingerprint density at radius 1 is 1.32 bits per heavy atom. The van der Waals surface area contributed by atoms with Crippen LogP contribution in [0.2, 0.25) is 0 Å². The first-order valence-electron chi connectivity index (χ1n) is 6.90.